The molecular formula is C19H21N3O2. The third-order valence-electron chi connectivity index (χ3n) is 3.92. The van der Waals surface area contributed by atoms with Crippen molar-refractivity contribution < 1.29 is 9.53 Å². The lowest BCUT2D eigenvalue weighted by atomic mass is 10.2. The van der Waals surface area contributed by atoms with Gasteiger partial charge in [-0.3, -0.25) is 4.79 Å². The van der Waals surface area contributed by atoms with Gasteiger partial charge >= 0.3 is 0 Å². The zero-order valence-corrected chi connectivity index (χ0v) is 14.2. The molecule has 0 aliphatic heterocycles. The number of fused-ring (bicyclic) bond motifs is 1. The summed E-state index contributed by atoms with van der Waals surface area (Å²) >= 11 is 0. The molecule has 24 heavy (non-hydrogen) atoms. The maximum Gasteiger partial charge on any atom is 0.274 e. The van der Waals surface area contributed by atoms with Crippen LogP contribution in [0.15, 0.2) is 48.7 Å². The summed E-state index contributed by atoms with van der Waals surface area (Å²) in [5.41, 5.74) is 3.34. The maximum atomic E-state index is 12.6. The average Bonchev–Trinajstić information content (AvgIpc) is 3.02. The van der Waals surface area contributed by atoms with Crippen LogP contribution in [0, 0.1) is 6.92 Å². The SMILES string of the molecule is CCOc1ccc(CN(C)C(=O)c2cn3c(C)cccc3n2)cc1. The van der Waals surface area contributed by atoms with Crippen LogP contribution in [0.3, 0.4) is 0 Å². The summed E-state index contributed by atoms with van der Waals surface area (Å²) in [6.45, 7) is 5.12. The number of rotatable bonds is 5. The minimum Gasteiger partial charge on any atom is -0.494 e. The Kier molecular flexibility index (Phi) is 4.51. The first-order valence-corrected chi connectivity index (χ1v) is 8.00. The molecule has 0 atom stereocenters. The van der Waals surface area contributed by atoms with E-state index in [9.17, 15) is 4.79 Å². The average molecular weight is 323 g/mol. The summed E-state index contributed by atoms with van der Waals surface area (Å²) < 4.78 is 7.36. The Morgan fingerprint density at radius 1 is 1.21 bits per heavy atom. The van der Waals surface area contributed by atoms with Gasteiger partial charge in [0.25, 0.3) is 5.91 Å². The summed E-state index contributed by atoms with van der Waals surface area (Å²) in [5, 5.41) is 0. The van der Waals surface area contributed by atoms with Gasteiger partial charge in [0, 0.05) is 25.5 Å². The fraction of sp³-hybridized carbons (Fsp3) is 0.263. The van der Waals surface area contributed by atoms with Crippen molar-refractivity contribution in [2.45, 2.75) is 20.4 Å². The predicted octanol–water partition coefficient (Wildman–Crippen LogP) is 3.31. The van der Waals surface area contributed by atoms with Crippen molar-refractivity contribution in [3.63, 3.8) is 0 Å². The second kappa shape index (κ2) is 6.74. The van der Waals surface area contributed by atoms with Crippen molar-refractivity contribution in [3.05, 3.63) is 65.6 Å². The first-order chi connectivity index (χ1) is 11.6. The molecule has 3 aromatic rings. The molecule has 0 saturated carbocycles. The van der Waals surface area contributed by atoms with E-state index in [1.807, 2.05) is 60.7 Å². The maximum absolute atomic E-state index is 12.6. The van der Waals surface area contributed by atoms with E-state index < -0.39 is 0 Å². The van der Waals surface area contributed by atoms with E-state index in [1.165, 1.54) is 0 Å². The van der Waals surface area contributed by atoms with Gasteiger partial charge in [-0.2, -0.15) is 0 Å². The third kappa shape index (κ3) is 3.25. The molecule has 0 bridgehead atoms. The van der Waals surface area contributed by atoms with Crippen LogP contribution >= 0.6 is 0 Å². The van der Waals surface area contributed by atoms with Crippen molar-refractivity contribution >= 4 is 11.6 Å². The van der Waals surface area contributed by atoms with Crippen molar-refractivity contribution in [2.24, 2.45) is 0 Å². The van der Waals surface area contributed by atoms with E-state index in [-0.39, 0.29) is 5.91 Å². The molecule has 5 heteroatoms. The number of hydrogen-bond acceptors (Lipinski definition) is 3. The molecule has 124 valence electrons. The van der Waals surface area contributed by atoms with Gasteiger partial charge in [-0.25, -0.2) is 4.98 Å². The van der Waals surface area contributed by atoms with E-state index in [0.717, 1.165) is 22.7 Å². The number of ether oxygens (including phenoxy) is 1. The van der Waals surface area contributed by atoms with Gasteiger partial charge in [-0.1, -0.05) is 18.2 Å². The number of pyridine rings is 1. The minimum atomic E-state index is -0.0908. The van der Waals surface area contributed by atoms with Crippen molar-refractivity contribution in [1.82, 2.24) is 14.3 Å². The standard InChI is InChI=1S/C19H21N3O2/c1-4-24-16-10-8-15(9-11-16)12-21(3)19(23)17-13-22-14(2)6-5-7-18(22)20-17/h5-11,13H,4,12H2,1-3H3. The summed E-state index contributed by atoms with van der Waals surface area (Å²) in [6.07, 6.45) is 1.79. The lowest BCUT2D eigenvalue weighted by Gasteiger charge is -2.16. The molecule has 1 amide bonds. The van der Waals surface area contributed by atoms with Gasteiger partial charge in [0.15, 0.2) is 0 Å². The van der Waals surface area contributed by atoms with Gasteiger partial charge in [-0.15, -0.1) is 0 Å². The molecule has 0 spiro atoms. The zero-order valence-electron chi connectivity index (χ0n) is 14.2. The van der Waals surface area contributed by atoms with Crippen LogP contribution < -0.4 is 4.74 Å². The monoisotopic (exact) mass is 323 g/mol. The first kappa shape index (κ1) is 16.1. The highest BCUT2D eigenvalue weighted by molar-refractivity contribution is 5.92. The van der Waals surface area contributed by atoms with Crippen LogP contribution in [0.1, 0.15) is 28.7 Å². The molecule has 3 rings (SSSR count). The van der Waals surface area contributed by atoms with E-state index in [1.54, 1.807) is 18.1 Å². The second-order valence-electron chi connectivity index (χ2n) is 5.76. The van der Waals surface area contributed by atoms with Gasteiger partial charge in [0.05, 0.1) is 6.61 Å². The second-order valence-corrected chi connectivity index (χ2v) is 5.76. The predicted molar refractivity (Wildman–Crippen MR) is 93.3 cm³/mol. The Bertz CT molecular complexity index is 853. The molecule has 2 heterocycles. The van der Waals surface area contributed by atoms with Crippen LogP contribution in [-0.4, -0.2) is 33.8 Å². The van der Waals surface area contributed by atoms with Crippen molar-refractivity contribution in [1.29, 1.82) is 0 Å². The highest BCUT2D eigenvalue weighted by Crippen LogP contribution is 2.15. The summed E-state index contributed by atoms with van der Waals surface area (Å²) in [4.78, 5) is 18.7. The van der Waals surface area contributed by atoms with Gasteiger partial charge < -0.3 is 14.0 Å². The molecule has 0 aliphatic carbocycles. The number of nitrogens with zero attached hydrogens (tertiary/aromatic N) is 3. The quantitative estimate of drug-likeness (QED) is 0.724. The van der Waals surface area contributed by atoms with Gasteiger partial charge in [0.2, 0.25) is 0 Å². The summed E-state index contributed by atoms with van der Waals surface area (Å²) in [5.74, 6) is 0.748. The highest BCUT2D eigenvalue weighted by Gasteiger charge is 2.16. The minimum absolute atomic E-state index is 0.0908. The number of imidazole rings is 1. The Balaban J connectivity index is 1.74. The Labute approximate surface area is 141 Å². The number of aromatic nitrogens is 2. The van der Waals surface area contributed by atoms with Crippen LogP contribution in [0.2, 0.25) is 0 Å². The number of benzene rings is 1. The summed E-state index contributed by atoms with van der Waals surface area (Å²) in [7, 11) is 1.79. The lowest BCUT2D eigenvalue weighted by molar-refractivity contribution is 0.0780. The normalized spacial score (nSPS) is 10.8. The van der Waals surface area contributed by atoms with Crippen LogP contribution in [0.4, 0.5) is 0 Å². The lowest BCUT2D eigenvalue weighted by Crippen LogP contribution is -2.26. The Hall–Kier alpha value is -2.82. The number of carbonyl (C=O) groups excluding carboxylic acids is 1. The fourth-order valence-corrected chi connectivity index (χ4v) is 2.65. The van der Waals surface area contributed by atoms with Crippen LogP contribution in [0.25, 0.3) is 5.65 Å². The molecule has 0 radical (unpaired) electrons. The highest BCUT2D eigenvalue weighted by atomic mass is 16.5. The topological polar surface area (TPSA) is 46.8 Å². The fourth-order valence-electron chi connectivity index (χ4n) is 2.65. The van der Waals surface area contributed by atoms with E-state index in [4.69, 9.17) is 4.74 Å². The molecule has 0 aliphatic rings. The smallest absolute Gasteiger partial charge is 0.274 e. The van der Waals surface area contributed by atoms with Gasteiger partial charge in [0.1, 0.15) is 17.1 Å². The molecule has 1 aromatic carbocycles. The summed E-state index contributed by atoms with van der Waals surface area (Å²) in [6, 6.07) is 13.6. The van der Waals surface area contributed by atoms with Crippen molar-refractivity contribution in [3.8, 4) is 5.75 Å². The first-order valence-electron chi connectivity index (χ1n) is 8.00. The molecule has 0 N–H and O–H groups in total. The number of carbonyl (C=O) groups is 1. The molecule has 2 aromatic heterocycles. The zero-order chi connectivity index (χ0) is 17.1. The number of aryl methyl sites for hydroxylation is 1. The van der Waals surface area contributed by atoms with Crippen LogP contribution in [0.5, 0.6) is 5.75 Å². The molecule has 5 nitrogen and oxygen atoms in total. The van der Waals surface area contributed by atoms with E-state index >= 15 is 0 Å². The Morgan fingerprint density at radius 3 is 2.62 bits per heavy atom. The third-order valence-corrected chi connectivity index (χ3v) is 3.92. The molecular weight excluding hydrogens is 302 g/mol. The molecule has 0 saturated heterocycles. The largest absolute Gasteiger partial charge is 0.494 e. The van der Waals surface area contributed by atoms with Crippen molar-refractivity contribution in [2.75, 3.05) is 13.7 Å². The van der Waals surface area contributed by atoms with Gasteiger partial charge in [-0.05, 0) is 43.7 Å². The van der Waals surface area contributed by atoms with Crippen LogP contribution in [-0.2, 0) is 6.54 Å². The number of amides is 1. The van der Waals surface area contributed by atoms with E-state index in [0.29, 0.717) is 18.8 Å². The number of hydrogen-bond donors (Lipinski definition) is 0. The molecule has 0 unspecified atom stereocenters. The van der Waals surface area contributed by atoms with E-state index in [2.05, 4.69) is 4.98 Å². The molecule has 0 fully saturated rings. The Morgan fingerprint density at radius 2 is 1.96 bits per heavy atom.